The molecule has 0 bridgehead atoms. The van der Waals surface area contributed by atoms with Crippen molar-refractivity contribution in [3.05, 3.63) is 150 Å². The molecule has 2 amide bonds. The number of carbonyl (C=O) groups excluding carboxylic acids is 2. The number of ether oxygens (including phenoxy) is 1. The lowest BCUT2D eigenvalue weighted by Crippen LogP contribution is -2.50. The maximum Gasteiger partial charge on any atom is 0.408 e. The summed E-state index contributed by atoms with van der Waals surface area (Å²) in [6, 6.07) is 36.7. The monoisotopic (exact) mass is 634 g/mol. The van der Waals surface area contributed by atoms with Crippen LogP contribution in [0, 0.1) is 5.41 Å². The van der Waals surface area contributed by atoms with Crippen molar-refractivity contribution in [2.75, 3.05) is 0 Å². The largest absolute Gasteiger partial charge is 0.445 e. The zero-order chi connectivity index (χ0) is 32.5. The lowest BCUT2D eigenvalue weighted by Gasteiger charge is -2.24. The van der Waals surface area contributed by atoms with Gasteiger partial charge in [-0.2, -0.15) is 0 Å². The van der Waals surface area contributed by atoms with Gasteiger partial charge < -0.3 is 30.9 Å². The molecule has 234 valence electrons. The number of benzene rings is 5. The fourth-order valence-electron chi connectivity index (χ4n) is 4.97. The van der Waals surface area contributed by atoms with E-state index in [9.17, 15) is 19.4 Å². The van der Waals surface area contributed by atoms with E-state index in [4.69, 9.17) is 15.9 Å². The van der Waals surface area contributed by atoms with Crippen LogP contribution in [-0.4, -0.2) is 39.1 Å². The Labute approximate surface area is 267 Å². The molecule has 0 aromatic heterocycles. The van der Waals surface area contributed by atoms with Crippen molar-refractivity contribution >= 4 is 46.7 Å². The number of carbonyl (C=O) groups is 2. The number of nitrogens with two attached hydrogens (primary N) is 1. The molecule has 7 N–H and O–H groups in total. The third kappa shape index (κ3) is 8.28. The molecule has 0 aliphatic carbocycles. The van der Waals surface area contributed by atoms with E-state index in [2.05, 4.69) is 10.6 Å². The van der Waals surface area contributed by atoms with Gasteiger partial charge in [-0.15, -0.1) is 0 Å². The predicted molar refractivity (Wildman–Crippen MR) is 183 cm³/mol. The van der Waals surface area contributed by atoms with E-state index >= 15 is 0 Å². The van der Waals surface area contributed by atoms with E-state index in [1.807, 2.05) is 72.8 Å². The predicted octanol–water partition coefficient (Wildman–Crippen LogP) is 4.61. The molecule has 5 aromatic carbocycles. The van der Waals surface area contributed by atoms with Gasteiger partial charge >= 0.3 is 6.09 Å². The molecule has 0 radical (unpaired) electrons. The van der Waals surface area contributed by atoms with Gasteiger partial charge in [0, 0.05) is 23.7 Å². The first-order valence-corrected chi connectivity index (χ1v) is 16.3. The maximum absolute atomic E-state index is 14.0. The van der Waals surface area contributed by atoms with Gasteiger partial charge in [0.1, 0.15) is 18.5 Å². The van der Waals surface area contributed by atoms with Crippen molar-refractivity contribution in [2.45, 2.75) is 25.5 Å². The van der Waals surface area contributed by atoms with Crippen LogP contribution in [-0.2, 0) is 29.0 Å². The highest BCUT2D eigenvalue weighted by atomic mass is 31.2. The molecule has 5 rings (SSSR count). The van der Waals surface area contributed by atoms with Crippen LogP contribution in [0.2, 0.25) is 0 Å². The molecular formula is C36H35N4O5P. The normalized spacial score (nSPS) is 11.8. The van der Waals surface area contributed by atoms with E-state index in [-0.39, 0.29) is 36.0 Å². The molecule has 5 aromatic rings. The van der Waals surface area contributed by atoms with Gasteiger partial charge in [-0.05, 0) is 27.5 Å². The highest BCUT2D eigenvalue weighted by Gasteiger charge is 2.28. The van der Waals surface area contributed by atoms with Gasteiger partial charge in [-0.1, -0.05) is 127 Å². The summed E-state index contributed by atoms with van der Waals surface area (Å²) in [5, 5.41) is 15.4. The molecule has 0 saturated carbocycles. The van der Waals surface area contributed by atoms with Crippen molar-refractivity contribution in [1.82, 2.24) is 10.6 Å². The standard InChI is InChI=1S/C36H35N4O5P/c37-34(38)29-19-15-25(16-20-29)23-33(46(43,44)31-13-5-2-6-14-31)40-35(41)32(39-36(42)45-24-26-9-3-1-4-10-26)22-27-17-18-28-11-7-8-12-30(28)21-27/h1-21,32,43-44H,22-24H2,(H3,37,38)(H,39,42)(H,40,41)/t32-/m1/s1. The summed E-state index contributed by atoms with van der Waals surface area (Å²) in [7, 11) is -4.02. The second-order valence-electron chi connectivity index (χ2n) is 10.8. The fraction of sp³-hybridized carbons (Fsp3) is 0.111. The van der Waals surface area contributed by atoms with E-state index in [0.29, 0.717) is 11.1 Å². The Bertz CT molecular complexity index is 1890. The zero-order valence-electron chi connectivity index (χ0n) is 25.0. The molecule has 0 spiro atoms. The number of nitrogens with one attached hydrogen (secondary N) is 3. The van der Waals surface area contributed by atoms with Crippen LogP contribution in [0.1, 0.15) is 22.3 Å². The molecule has 0 heterocycles. The Kier molecular flexibility index (Phi) is 10.3. The second-order valence-corrected chi connectivity index (χ2v) is 13.1. The number of amides is 2. The summed E-state index contributed by atoms with van der Waals surface area (Å²) < 4.78 is 5.43. The molecule has 0 aliphatic rings. The summed E-state index contributed by atoms with van der Waals surface area (Å²) in [4.78, 5) is 50.0. The molecule has 0 unspecified atom stereocenters. The summed E-state index contributed by atoms with van der Waals surface area (Å²) in [6.45, 7) is 0.0144. The van der Waals surface area contributed by atoms with E-state index in [1.165, 1.54) is 0 Å². The first-order chi connectivity index (χ1) is 22.2. The quantitative estimate of drug-likeness (QED) is 0.0708. The van der Waals surface area contributed by atoms with Crippen LogP contribution in [0.15, 0.2) is 127 Å². The van der Waals surface area contributed by atoms with Crippen molar-refractivity contribution in [2.24, 2.45) is 5.73 Å². The summed E-state index contributed by atoms with van der Waals surface area (Å²) in [5.41, 5.74) is 8.34. The average Bonchev–Trinajstić information content (AvgIpc) is 3.07. The number of rotatable bonds is 11. The van der Waals surface area contributed by atoms with E-state index in [1.54, 1.807) is 54.6 Å². The van der Waals surface area contributed by atoms with Crippen molar-refractivity contribution in [1.29, 1.82) is 5.41 Å². The number of amidine groups is 1. The fourth-order valence-corrected chi connectivity index (χ4v) is 6.54. The van der Waals surface area contributed by atoms with Gasteiger partial charge in [0.2, 0.25) is 5.91 Å². The third-order valence-corrected chi connectivity index (χ3v) is 9.51. The number of hydrogen-bond acceptors (Lipinski definition) is 6. The molecule has 9 nitrogen and oxygen atoms in total. The molecule has 10 heteroatoms. The Balaban J connectivity index is 1.45. The van der Waals surface area contributed by atoms with Crippen molar-refractivity contribution in [3.63, 3.8) is 0 Å². The average molecular weight is 635 g/mol. The van der Waals surface area contributed by atoms with Crippen LogP contribution in [0.25, 0.3) is 10.8 Å². The van der Waals surface area contributed by atoms with Crippen molar-refractivity contribution in [3.8, 4) is 0 Å². The molecular weight excluding hydrogens is 599 g/mol. The lowest BCUT2D eigenvalue weighted by molar-refractivity contribution is -0.121. The van der Waals surface area contributed by atoms with Gasteiger partial charge in [0.15, 0.2) is 7.34 Å². The Morgan fingerprint density at radius 2 is 1.37 bits per heavy atom. The topological polar surface area (TPSA) is 158 Å². The zero-order valence-corrected chi connectivity index (χ0v) is 25.9. The van der Waals surface area contributed by atoms with E-state index < -0.39 is 25.4 Å². The first-order valence-electron chi connectivity index (χ1n) is 14.6. The van der Waals surface area contributed by atoms with Crippen molar-refractivity contribution < 1.29 is 24.1 Å². The number of hydrogen-bond donors (Lipinski definition) is 6. The highest BCUT2D eigenvalue weighted by molar-refractivity contribution is 7.72. The number of fused-ring (bicyclic) bond motifs is 1. The van der Waals surface area contributed by atoms with E-state index in [0.717, 1.165) is 21.9 Å². The van der Waals surface area contributed by atoms with Crippen LogP contribution in [0.5, 0.6) is 0 Å². The third-order valence-electron chi connectivity index (χ3n) is 7.47. The smallest absolute Gasteiger partial charge is 0.408 e. The molecule has 1 atom stereocenters. The molecule has 0 fully saturated rings. The maximum atomic E-state index is 14.0. The van der Waals surface area contributed by atoms with Crippen LogP contribution in [0.4, 0.5) is 4.79 Å². The number of nitrogen functional groups attached to an aromatic ring is 1. The summed E-state index contributed by atoms with van der Waals surface area (Å²) in [5.74, 6) is -0.732. The number of alkyl carbamates (subject to hydrolysis) is 1. The van der Waals surface area contributed by atoms with Gasteiger partial charge in [0.25, 0.3) is 0 Å². The summed E-state index contributed by atoms with van der Waals surface area (Å²) >= 11 is 0. The Morgan fingerprint density at radius 1 is 0.761 bits per heavy atom. The van der Waals surface area contributed by atoms with Crippen LogP contribution < -0.4 is 21.7 Å². The second kappa shape index (κ2) is 14.7. The first kappa shape index (κ1) is 32.2. The Morgan fingerprint density at radius 3 is 2.04 bits per heavy atom. The van der Waals surface area contributed by atoms with Crippen LogP contribution in [0.3, 0.4) is 0 Å². The van der Waals surface area contributed by atoms with Crippen LogP contribution >= 0.6 is 7.34 Å². The van der Waals surface area contributed by atoms with Gasteiger partial charge in [-0.25, -0.2) is 4.79 Å². The minimum atomic E-state index is -4.02. The minimum Gasteiger partial charge on any atom is -0.445 e. The SMILES string of the molecule is N=C(N)c1ccc(CC(NC(=O)[C@@H](Cc2ccc3ccccc3c2)NC(=O)OCc2ccccc2)=P(O)(O)c2ccccc2)cc1. The molecule has 46 heavy (non-hydrogen) atoms. The Hall–Kier alpha value is -5.21. The molecule has 0 saturated heterocycles. The van der Waals surface area contributed by atoms with Gasteiger partial charge in [-0.3, -0.25) is 10.2 Å². The highest BCUT2D eigenvalue weighted by Crippen LogP contribution is 2.38. The molecule has 0 aliphatic heterocycles. The lowest BCUT2D eigenvalue weighted by atomic mass is 10.0. The van der Waals surface area contributed by atoms with Gasteiger partial charge in [0.05, 0.1) is 5.42 Å². The minimum absolute atomic E-state index is 0.0118. The summed E-state index contributed by atoms with van der Waals surface area (Å²) in [6.07, 6.45) is -0.685.